The van der Waals surface area contributed by atoms with E-state index in [9.17, 15) is 0 Å². The van der Waals surface area contributed by atoms with Gasteiger partial charge >= 0.3 is 0 Å². The third-order valence-corrected chi connectivity index (χ3v) is 4.18. The molecule has 2 bridgehead atoms. The molecule has 4 rings (SSSR count). The molecule has 2 heterocycles. The SMILES string of the molecule is CCC1c2ccccc2[C@@]2(c3ccccc3)OO[C@@H]1O2. The van der Waals surface area contributed by atoms with Crippen LogP contribution in [0, 0.1) is 0 Å². The van der Waals surface area contributed by atoms with Gasteiger partial charge in [0, 0.05) is 17.0 Å². The molecule has 2 aliphatic rings. The van der Waals surface area contributed by atoms with Gasteiger partial charge in [0.05, 0.1) is 0 Å². The van der Waals surface area contributed by atoms with E-state index in [0.29, 0.717) is 0 Å². The molecule has 3 heteroatoms. The second kappa shape index (κ2) is 4.42. The van der Waals surface area contributed by atoms with Gasteiger partial charge in [0.15, 0.2) is 0 Å². The summed E-state index contributed by atoms with van der Waals surface area (Å²) in [5.74, 6) is -0.709. The zero-order valence-electron chi connectivity index (χ0n) is 11.3. The van der Waals surface area contributed by atoms with Crippen LogP contribution in [0.15, 0.2) is 54.6 Å². The molecular formula is C17H16O3. The summed E-state index contributed by atoms with van der Waals surface area (Å²) in [7, 11) is 0. The second-order valence-electron chi connectivity index (χ2n) is 5.25. The smallest absolute Gasteiger partial charge is 0.256 e. The van der Waals surface area contributed by atoms with Crippen LogP contribution >= 0.6 is 0 Å². The summed E-state index contributed by atoms with van der Waals surface area (Å²) in [6.07, 6.45) is 0.616. The maximum absolute atomic E-state index is 6.16. The van der Waals surface area contributed by atoms with Crippen LogP contribution in [-0.2, 0) is 20.3 Å². The van der Waals surface area contributed by atoms with Crippen LogP contribution in [0.25, 0.3) is 0 Å². The van der Waals surface area contributed by atoms with Gasteiger partial charge in [-0.25, -0.2) is 0 Å². The Hall–Kier alpha value is -1.68. The Bertz CT molecular complexity index is 625. The summed E-state index contributed by atoms with van der Waals surface area (Å²) < 4.78 is 6.16. The molecule has 0 N–H and O–H groups in total. The van der Waals surface area contributed by atoms with Crippen LogP contribution in [0.5, 0.6) is 0 Å². The Morgan fingerprint density at radius 2 is 1.75 bits per heavy atom. The summed E-state index contributed by atoms with van der Waals surface area (Å²) in [4.78, 5) is 11.2. The first-order chi connectivity index (χ1) is 9.85. The van der Waals surface area contributed by atoms with Gasteiger partial charge in [-0.15, -0.1) is 0 Å². The average molecular weight is 268 g/mol. The fourth-order valence-corrected chi connectivity index (χ4v) is 3.18. The first kappa shape index (κ1) is 12.1. The van der Waals surface area contributed by atoms with Gasteiger partial charge in [-0.2, -0.15) is 9.78 Å². The number of ether oxygens (including phenoxy) is 1. The van der Waals surface area contributed by atoms with Crippen molar-refractivity contribution < 1.29 is 14.5 Å². The van der Waals surface area contributed by atoms with Gasteiger partial charge in [-0.3, -0.25) is 0 Å². The van der Waals surface area contributed by atoms with E-state index < -0.39 is 5.79 Å². The Kier molecular flexibility index (Phi) is 2.67. The third kappa shape index (κ3) is 1.51. The molecule has 2 aromatic rings. The molecule has 20 heavy (non-hydrogen) atoms. The van der Waals surface area contributed by atoms with Crippen LogP contribution in [0.4, 0.5) is 0 Å². The molecule has 0 aliphatic carbocycles. The molecule has 1 unspecified atom stereocenters. The summed E-state index contributed by atoms with van der Waals surface area (Å²) in [6, 6.07) is 18.3. The highest BCUT2D eigenvalue weighted by Gasteiger charge is 2.54. The van der Waals surface area contributed by atoms with Gasteiger partial charge in [-0.05, 0) is 12.0 Å². The summed E-state index contributed by atoms with van der Waals surface area (Å²) in [6.45, 7) is 2.14. The van der Waals surface area contributed by atoms with Crippen molar-refractivity contribution in [2.45, 2.75) is 31.3 Å². The highest BCUT2D eigenvalue weighted by Crippen LogP contribution is 2.52. The topological polar surface area (TPSA) is 27.7 Å². The molecule has 1 fully saturated rings. The number of hydrogen-bond donors (Lipinski definition) is 0. The molecule has 2 aliphatic heterocycles. The summed E-state index contributed by atoms with van der Waals surface area (Å²) in [5.41, 5.74) is 3.27. The van der Waals surface area contributed by atoms with Crippen molar-refractivity contribution >= 4 is 0 Å². The Morgan fingerprint density at radius 3 is 2.55 bits per heavy atom. The van der Waals surface area contributed by atoms with E-state index in [4.69, 9.17) is 14.5 Å². The monoisotopic (exact) mass is 268 g/mol. The van der Waals surface area contributed by atoms with Gasteiger partial charge in [0.2, 0.25) is 6.29 Å². The molecule has 0 amide bonds. The zero-order chi connectivity index (χ0) is 13.6. The van der Waals surface area contributed by atoms with E-state index in [0.717, 1.165) is 17.5 Å². The molecule has 0 spiro atoms. The molecule has 102 valence electrons. The van der Waals surface area contributed by atoms with Crippen molar-refractivity contribution in [2.24, 2.45) is 0 Å². The molecule has 0 aromatic heterocycles. The minimum atomic E-state index is -0.922. The highest BCUT2D eigenvalue weighted by atomic mass is 17.3. The quantitative estimate of drug-likeness (QED) is 0.777. The maximum Gasteiger partial charge on any atom is 0.256 e. The summed E-state index contributed by atoms with van der Waals surface area (Å²) in [5, 5.41) is 0. The lowest BCUT2D eigenvalue weighted by Crippen LogP contribution is -2.37. The van der Waals surface area contributed by atoms with Crippen molar-refractivity contribution in [2.75, 3.05) is 0 Å². The lowest BCUT2D eigenvalue weighted by atomic mass is 9.83. The first-order valence-corrected chi connectivity index (χ1v) is 7.02. The first-order valence-electron chi connectivity index (χ1n) is 7.02. The predicted molar refractivity (Wildman–Crippen MR) is 73.7 cm³/mol. The van der Waals surface area contributed by atoms with Gasteiger partial charge < -0.3 is 4.74 Å². The van der Waals surface area contributed by atoms with E-state index in [-0.39, 0.29) is 12.2 Å². The van der Waals surface area contributed by atoms with Crippen LogP contribution in [0.2, 0.25) is 0 Å². The van der Waals surface area contributed by atoms with Crippen LogP contribution in [0.1, 0.15) is 36.0 Å². The maximum atomic E-state index is 6.16. The Labute approximate surface area is 118 Å². The zero-order valence-corrected chi connectivity index (χ0v) is 11.3. The predicted octanol–water partition coefficient (Wildman–Crippen LogP) is 3.70. The van der Waals surface area contributed by atoms with E-state index in [1.54, 1.807) is 0 Å². The average Bonchev–Trinajstić information content (AvgIpc) is 2.91. The fourth-order valence-electron chi connectivity index (χ4n) is 3.18. The largest absolute Gasteiger partial charge is 0.307 e. The number of fused-ring (bicyclic) bond motifs is 4. The molecule has 0 radical (unpaired) electrons. The Balaban J connectivity index is 1.94. The van der Waals surface area contributed by atoms with Gasteiger partial charge in [0.1, 0.15) is 0 Å². The Morgan fingerprint density at radius 1 is 1.00 bits per heavy atom. The summed E-state index contributed by atoms with van der Waals surface area (Å²) >= 11 is 0. The van der Waals surface area contributed by atoms with Crippen molar-refractivity contribution in [1.29, 1.82) is 0 Å². The molecular weight excluding hydrogens is 252 g/mol. The molecule has 3 nitrogen and oxygen atoms in total. The standard InChI is InChI=1S/C17H16O3/c1-2-13-14-10-6-7-11-15(14)17(18-16(13)19-20-17)12-8-4-3-5-9-12/h3-11,13,16H,2H2,1H3/t13?,16-,17+/m0/s1. The van der Waals surface area contributed by atoms with E-state index in [1.807, 2.05) is 36.4 Å². The normalized spacial score (nSPS) is 31.1. The van der Waals surface area contributed by atoms with Crippen molar-refractivity contribution in [3.05, 3.63) is 71.3 Å². The lowest BCUT2D eigenvalue weighted by Gasteiger charge is -2.34. The minimum Gasteiger partial charge on any atom is -0.307 e. The van der Waals surface area contributed by atoms with Crippen molar-refractivity contribution in [1.82, 2.24) is 0 Å². The molecule has 2 aromatic carbocycles. The van der Waals surface area contributed by atoms with E-state index >= 15 is 0 Å². The minimum absolute atomic E-state index is 0.213. The number of rotatable bonds is 2. The van der Waals surface area contributed by atoms with Crippen molar-refractivity contribution in [3.63, 3.8) is 0 Å². The van der Waals surface area contributed by atoms with Crippen LogP contribution in [-0.4, -0.2) is 6.29 Å². The van der Waals surface area contributed by atoms with Crippen LogP contribution in [0.3, 0.4) is 0 Å². The van der Waals surface area contributed by atoms with Crippen molar-refractivity contribution in [3.8, 4) is 0 Å². The number of benzene rings is 2. The van der Waals surface area contributed by atoms with E-state index in [2.05, 4.69) is 25.1 Å². The highest BCUT2D eigenvalue weighted by molar-refractivity contribution is 5.43. The lowest BCUT2D eigenvalue weighted by molar-refractivity contribution is -0.322. The van der Waals surface area contributed by atoms with Crippen LogP contribution < -0.4 is 0 Å². The van der Waals surface area contributed by atoms with Gasteiger partial charge in [-0.1, -0.05) is 61.5 Å². The molecule has 3 atom stereocenters. The fraction of sp³-hybridized carbons (Fsp3) is 0.294. The molecule has 0 saturated carbocycles. The van der Waals surface area contributed by atoms with E-state index in [1.165, 1.54) is 5.56 Å². The third-order valence-electron chi connectivity index (χ3n) is 4.18. The van der Waals surface area contributed by atoms with Gasteiger partial charge in [0.25, 0.3) is 5.79 Å². The molecule has 1 saturated heterocycles. The number of hydrogen-bond acceptors (Lipinski definition) is 3. The second-order valence-corrected chi connectivity index (χ2v) is 5.25.